The number of urea groups is 1. The Labute approximate surface area is 192 Å². The fourth-order valence-electron chi connectivity index (χ4n) is 4.00. The lowest BCUT2D eigenvalue weighted by molar-refractivity contribution is -0.190. The number of nitrogens with one attached hydrogen (secondary N) is 1. The van der Waals surface area contributed by atoms with Gasteiger partial charge in [-0.3, -0.25) is 9.59 Å². The van der Waals surface area contributed by atoms with E-state index in [9.17, 15) is 19.2 Å². The summed E-state index contributed by atoms with van der Waals surface area (Å²) in [7, 11) is 0. The van der Waals surface area contributed by atoms with Crippen LogP contribution in [0.25, 0.3) is 0 Å². The average molecular weight is 453 g/mol. The maximum Gasteiger partial charge on any atom is 0.335 e. The maximum absolute atomic E-state index is 12.9. The van der Waals surface area contributed by atoms with Gasteiger partial charge in [-0.15, -0.1) is 0 Å². The van der Waals surface area contributed by atoms with Gasteiger partial charge in [0.1, 0.15) is 11.2 Å². The number of likely N-dealkylation sites (tertiary alicyclic amines) is 1. The molecule has 8 heteroatoms. The highest BCUT2D eigenvalue weighted by molar-refractivity contribution is 6.03. The number of hydrogen-bond acceptors (Lipinski definition) is 5. The molecule has 1 aliphatic heterocycles. The first-order valence-corrected chi connectivity index (χ1v) is 11.0. The first-order valence-electron chi connectivity index (χ1n) is 11.0. The van der Waals surface area contributed by atoms with Crippen molar-refractivity contribution in [3.05, 3.63) is 65.7 Å². The van der Waals surface area contributed by atoms with E-state index in [4.69, 9.17) is 9.84 Å². The fraction of sp³-hybridized carbons (Fsp3) is 0.360. The fourth-order valence-corrected chi connectivity index (χ4v) is 4.00. The van der Waals surface area contributed by atoms with Crippen molar-refractivity contribution in [2.45, 2.75) is 45.8 Å². The van der Waals surface area contributed by atoms with E-state index in [1.54, 1.807) is 24.3 Å². The van der Waals surface area contributed by atoms with Crippen LogP contribution in [0, 0.1) is 5.41 Å². The molecule has 1 atom stereocenters. The van der Waals surface area contributed by atoms with Crippen LogP contribution < -0.4 is 10.1 Å². The predicted octanol–water partition coefficient (Wildman–Crippen LogP) is 4.11. The molecule has 8 nitrogen and oxygen atoms in total. The van der Waals surface area contributed by atoms with Gasteiger partial charge in [-0.2, -0.15) is 0 Å². The third-order valence-corrected chi connectivity index (χ3v) is 6.13. The number of carboxylic acids is 1. The molecule has 0 aliphatic carbocycles. The number of rotatable bonds is 10. The molecular formula is C25H28N2O6. The van der Waals surface area contributed by atoms with E-state index in [1.165, 1.54) is 24.3 Å². The van der Waals surface area contributed by atoms with Crippen molar-refractivity contribution >= 4 is 23.7 Å². The normalized spacial score (nSPS) is 16.6. The highest BCUT2D eigenvalue weighted by atomic mass is 16.5. The lowest BCUT2D eigenvalue weighted by Gasteiger charge is -2.53. The highest BCUT2D eigenvalue weighted by Crippen LogP contribution is 2.46. The highest BCUT2D eigenvalue weighted by Gasteiger charge is 2.62. The summed E-state index contributed by atoms with van der Waals surface area (Å²) in [5, 5.41) is 11.8. The summed E-state index contributed by atoms with van der Waals surface area (Å²) in [6.07, 6.45) is 0.908. The lowest BCUT2D eigenvalue weighted by Crippen LogP contribution is -2.73. The van der Waals surface area contributed by atoms with Gasteiger partial charge >= 0.3 is 12.0 Å². The Balaban J connectivity index is 1.61. The van der Waals surface area contributed by atoms with Crippen LogP contribution in [0.3, 0.4) is 0 Å². The summed E-state index contributed by atoms with van der Waals surface area (Å²) >= 11 is 0. The van der Waals surface area contributed by atoms with Gasteiger partial charge in [-0.25, -0.2) is 14.5 Å². The molecule has 0 spiro atoms. The zero-order chi connectivity index (χ0) is 24.0. The van der Waals surface area contributed by atoms with Crippen LogP contribution in [0.1, 0.15) is 60.2 Å². The predicted molar refractivity (Wildman–Crippen MR) is 121 cm³/mol. The molecule has 0 saturated carbocycles. The number of imide groups is 1. The number of amides is 3. The van der Waals surface area contributed by atoms with Crippen LogP contribution in [0.2, 0.25) is 0 Å². The third kappa shape index (κ3) is 4.89. The Morgan fingerprint density at radius 3 is 2.21 bits per heavy atom. The first-order chi connectivity index (χ1) is 15.8. The summed E-state index contributed by atoms with van der Waals surface area (Å²) in [5.74, 6) is -0.997. The van der Waals surface area contributed by atoms with E-state index in [0.717, 1.165) is 4.90 Å². The summed E-state index contributed by atoms with van der Waals surface area (Å²) in [4.78, 5) is 50.0. The zero-order valence-electron chi connectivity index (χ0n) is 18.7. The minimum atomic E-state index is -1.05. The topological polar surface area (TPSA) is 113 Å². The number of β-lactam (4-membered cyclic amide) rings is 1. The average Bonchev–Trinajstić information content (AvgIpc) is 2.83. The molecule has 3 rings (SSSR count). The second kappa shape index (κ2) is 10.3. The Morgan fingerprint density at radius 1 is 1.00 bits per heavy atom. The Hall–Kier alpha value is -3.68. The van der Waals surface area contributed by atoms with Crippen LogP contribution in [0.4, 0.5) is 4.79 Å². The minimum absolute atomic E-state index is 0.00752. The maximum atomic E-state index is 12.9. The van der Waals surface area contributed by atoms with E-state index >= 15 is 0 Å². The van der Waals surface area contributed by atoms with E-state index < -0.39 is 23.6 Å². The molecule has 174 valence electrons. The zero-order valence-corrected chi connectivity index (χ0v) is 18.7. The van der Waals surface area contributed by atoms with Gasteiger partial charge in [0.05, 0.1) is 5.56 Å². The van der Waals surface area contributed by atoms with Gasteiger partial charge in [0.2, 0.25) is 5.91 Å². The van der Waals surface area contributed by atoms with Crippen molar-refractivity contribution in [3.8, 4) is 5.75 Å². The molecule has 2 aromatic carbocycles. The molecule has 2 N–H and O–H groups in total. The van der Waals surface area contributed by atoms with Crippen molar-refractivity contribution in [3.63, 3.8) is 0 Å². The molecule has 1 heterocycles. The summed E-state index contributed by atoms with van der Waals surface area (Å²) in [6.45, 7) is 3.98. The molecule has 2 aromatic rings. The number of carbonyl (C=O) groups is 4. The third-order valence-electron chi connectivity index (χ3n) is 6.13. The minimum Gasteiger partial charge on any atom is -0.478 e. The molecule has 1 unspecified atom stereocenters. The van der Waals surface area contributed by atoms with Gasteiger partial charge in [0.15, 0.2) is 12.0 Å². The number of Topliss-reactive ketones (excluding diaryl/α,β-unsaturated/α-hetero) is 1. The van der Waals surface area contributed by atoms with Crippen LogP contribution >= 0.6 is 0 Å². The number of carbonyl (C=O) groups excluding carboxylic acids is 3. The van der Waals surface area contributed by atoms with Gasteiger partial charge < -0.3 is 15.2 Å². The van der Waals surface area contributed by atoms with Crippen LogP contribution in [0.15, 0.2) is 54.6 Å². The number of benzene rings is 2. The monoisotopic (exact) mass is 452 g/mol. The molecule has 1 aliphatic rings. The Morgan fingerprint density at radius 2 is 1.64 bits per heavy atom. The van der Waals surface area contributed by atoms with Gasteiger partial charge in [0, 0.05) is 18.5 Å². The first kappa shape index (κ1) is 24.0. The standard InChI is InChI=1S/C25H28N2O6/c1-3-25(4-2)22(31)27(23(25)33-19-14-12-18(13-15-19)21(29)30)24(32)26-16-8-11-20(28)17-9-6-5-7-10-17/h5-7,9-10,12-15,23H,3-4,8,11,16H2,1-2H3,(H,26,32)(H,29,30). The number of ketones is 1. The largest absolute Gasteiger partial charge is 0.478 e. The van der Waals surface area contributed by atoms with E-state index in [-0.39, 0.29) is 30.2 Å². The number of hydrogen-bond donors (Lipinski definition) is 2. The van der Waals surface area contributed by atoms with Crippen LogP contribution in [-0.2, 0) is 4.79 Å². The Bertz CT molecular complexity index is 1010. The molecule has 1 fully saturated rings. The summed E-state index contributed by atoms with van der Waals surface area (Å²) in [6, 6.07) is 14.2. The van der Waals surface area contributed by atoms with Crippen molar-refractivity contribution < 1.29 is 29.0 Å². The molecule has 3 amide bonds. The SMILES string of the molecule is CCC1(CC)C(=O)N(C(=O)NCCCC(=O)c2ccccc2)C1Oc1ccc(C(=O)O)cc1. The lowest BCUT2D eigenvalue weighted by atomic mass is 9.72. The summed E-state index contributed by atoms with van der Waals surface area (Å²) in [5.41, 5.74) is -0.0877. The molecule has 33 heavy (non-hydrogen) atoms. The molecule has 1 saturated heterocycles. The number of carboxylic acid groups (broad SMARTS) is 1. The van der Waals surface area contributed by atoms with E-state index in [2.05, 4.69) is 5.32 Å². The molecular weight excluding hydrogens is 424 g/mol. The molecule has 0 aromatic heterocycles. The quantitative estimate of drug-likeness (QED) is 0.319. The number of aromatic carboxylic acids is 1. The van der Waals surface area contributed by atoms with Crippen LogP contribution in [-0.4, -0.2) is 46.5 Å². The summed E-state index contributed by atoms with van der Waals surface area (Å²) < 4.78 is 5.99. The van der Waals surface area contributed by atoms with Crippen molar-refractivity contribution in [2.75, 3.05) is 6.54 Å². The van der Waals surface area contributed by atoms with Crippen molar-refractivity contribution in [1.29, 1.82) is 0 Å². The molecule has 0 radical (unpaired) electrons. The van der Waals surface area contributed by atoms with Gasteiger partial charge in [-0.1, -0.05) is 44.2 Å². The van der Waals surface area contributed by atoms with Crippen molar-refractivity contribution in [2.24, 2.45) is 5.41 Å². The van der Waals surface area contributed by atoms with E-state index in [0.29, 0.717) is 30.6 Å². The van der Waals surface area contributed by atoms with Gasteiger partial charge in [-0.05, 0) is 43.5 Å². The van der Waals surface area contributed by atoms with E-state index in [1.807, 2.05) is 19.9 Å². The Kier molecular flexibility index (Phi) is 7.48. The number of ether oxygens (including phenoxy) is 1. The second-order valence-electron chi connectivity index (χ2n) is 7.96. The number of nitrogens with zero attached hydrogens (tertiary/aromatic N) is 1. The smallest absolute Gasteiger partial charge is 0.335 e. The second-order valence-corrected chi connectivity index (χ2v) is 7.96. The van der Waals surface area contributed by atoms with Crippen molar-refractivity contribution in [1.82, 2.24) is 10.2 Å². The van der Waals surface area contributed by atoms with Gasteiger partial charge in [0.25, 0.3) is 0 Å². The molecule has 0 bridgehead atoms. The van der Waals surface area contributed by atoms with Crippen LogP contribution in [0.5, 0.6) is 5.75 Å².